The number of hydrogen-bond donors (Lipinski definition) is 2. The van der Waals surface area contributed by atoms with Crippen LogP contribution in [-0.4, -0.2) is 57.6 Å². The Hall–Kier alpha value is -1.84. The summed E-state index contributed by atoms with van der Waals surface area (Å²) in [6.45, 7) is 2.40. The van der Waals surface area contributed by atoms with Crippen molar-refractivity contribution in [2.75, 3.05) is 33.0 Å². The van der Waals surface area contributed by atoms with Gasteiger partial charge in [0.05, 0.1) is 10.9 Å². The number of carbonyl (C=O) groups is 1. The van der Waals surface area contributed by atoms with Gasteiger partial charge in [-0.3, -0.25) is 4.79 Å². The molecule has 8 nitrogen and oxygen atoms in total. The smallest absolute Gasteiger partial charge is 0.243 e. The fraction of sp³-hybridized carbons (Fsp3) is 0.611. The van der Waals surface area contributed by atoms with Crippen LogP contribution in [-0.2, 0) is 14.8 Å². The highest BCUT2D eigenvalue weighted by Crippen LogP contribution is 2.35. The maximum absolute atomic E-state index is 13.0. The second kappa shape index (κ2) is 7.65. The number of ether oxygens (including phenoxy) is 2. The molecule has 2 saturated heterocycles. The number of benzene rings is 1. The molecule has 3 heterocycles. The van der Waals surface area contributed by atoms with Gasteiger partial charge in [0.25, 0.3) is 0 Å². The highest BCUT2D eigenvalue weighted by molar-refractivity contribution is 7.89. The highest BCUT2D eigenvalue weighted by Gasteiger charge is 2.32. The second-order valence-corrected chi connectivity index (χ2v) is 9.22. The molecule has 0 aromatic heterocycles. The Labute approximate surface area is 159 Å². The standard InChI is InChI=1S/C18H25N3O5S/c22-18(15-4-1-7-19-15)20-10-13-3-2-8-21(11-13)27(23,24)14-5-6-16-17(9-14)26-12-25-16/h5-6,9,13,15,19H,1-4,7-8,10-12H2,(H,20,22). The molecule has 3 aliphatic heterocycles. The van der Waals surface area contributed by atoms with E-state index in [9.17, 15) is 13.2 Å². The van der Waals surface area contributed by atoms with Crippen molar-refractivity contribution in [3.63, 3.8) is 0 Å². The van der Waals surface area contributed by atoms with Crippen LogP contribution in [0.1, 0.15) is 25.7 Å². The lowest BCUT2D eigenvalue weighted by atomic mass is 9.99. The summed E-state index contributed by atoms with van der Waals surface area (Å²) in [5.74, 6) is 1.16. The number of fused-ring (bicyclic) bond motifs is 1. The Kier molecular flexibility index (Phi) is 5.25. The largest absolute Gasteiger partial charge is 0.454 e. The summed E-state index contributed by atoms with van der Waals surface area (Å²) in [6.07, 6.45) is 3.57. The first-order valence-corrected chi connectivity index (χ1v) is 10.9. The fourth-order valence-electron chi connectivity index (χ4n) is 3.87. The summed E-state index contributed by atoms with van der Waals surface area (Å²) in [6, 6.07) is 4.60. The zero-order valence-electron chi connectivity index (χ0n) is 15.1. The molecule has 2 N–H and O–H groups in total. The minimum atomic E-state index is -3.60. The van der Waals surface area contributed by atoms with Gasteiger partial charge in [0.2, 0.25) is 22.7 Å². The molecule has 2 atom stereocenters. The molecule has 0 saturated carbocycles. The number of rotatable bonds is 5. The van der Waals surface area contributed by atoms with Gasteiger partial charge >= 0.3 is 0 Å². The average Bonchev–Trinajstić information content (AvgIpc) is 3.37. The number of hydrogen-bond acceptors (Lipinski definition) is 6. The van der Waals surface area contributed by atoms with Crippen LogP contribution in [0.2, 0.25) is 0 Å². The van der Waals surface area contributed by atoms with Gasteiger partial charge in [-0.2, -0.15) is 4.31 Å². The molecule has 3 aliphatic rings. The van der Waals surface area contributed by atoms with E-state index in [1.807, 2.05) is 0 Å². The van der Waals surface area contributed by atoms with Crippen molar-refractivity contribution >= 4 is 15.9 Å². The van der Waals surface area contributed by atoms with Crippen molar-refractivity contribution in [2.24, 2.45) is 5.92 Å². The van der Waals surface area contributed by atoms with Gasteiger partial charge in [-0.05, 0) is 50.3 Å². The number of nitrogens with zero attached hydrogens (tertiary/aromatic N) is 1. The van der Waals surface area contributed by atoms with E-state index >= 15 is 0 Å². The Morgan fingerprint density at radius 3 is 2.89 bits per heavy atom. The third-order valence-electron chi connectivity index (χ3n) is 5.41. The third kappa shape index (κ3) is 3.90. The molecule has 2 unspecified atom stereocenters. The Morgan fingerprint density at radius 2 is 2.07 bits per heavy atom. The zero-order chi connectivity index (χ0) is 18.9. The van der Waals surface area contributed by atoms with Crippen LogP contribution >= 0.6 is 0 Å². The minimum absolute atomic E-state index is 0.0169. The SMILES string of the molecule is O=C(NCC1CCCN(S(=O)(=O)c2ccc3c(c2)OCO3)C1)C1CCCN1. The summed E-state index contributed by atoms with van der Waals surface area (Å²) in [5, 5.41) is 6.16. The van der Waals surface area contributed by atoms with Crippen LogP contribution in [0.25, 0.3) is 0 Å². The first kappa shape index (κ1) is 18.5. The van der Waals surface area contributed by atoms with Crippen molar-refractivity contribution < 1.29 is 22.7 Å². The number of carbonyl (C=O) groups excluding carboxylic acids is 1. The molecule has 1 aromatic rings. The lowest BCUT2D eigenvalue weighted by molar-refractivity contribution is -0.123. The van der Waals surface area contributed by atoms with Gasteiger partial charge in [-0.25, -0.2) is 8.42 Å². The molecule has 1 aromatic carbocycles. The topological polar surface area (TPSA) is 97.0 Å². The molecule has 9 heteroatoms. The lowest BCUT2D eigenvalue weighted by Crippen LogP contribution is -2.46. The summed E-state index contributed by atoms with van der Waals surface area (Å²) in [5.41, 5.74) is 0. The predicted molar refractivity (Wildman–Crippen MR) is 98.1 cm³/mol. The second-order valence-electron chi connectivity index (χ2n) is 7.28. The van der Waals surface area contributed by atoms with Crippen LogP contribution in [0.15, 0.2) is 23.1 Å². The number of piperidine rings is 1. The number of nitrogens with one attached hydrogen (secondary N) is 2. The zero-order valence-corrected chi connectivity index (χ0v) is 16.0. The molecule has 27 heavy (non-hydrogen) atoms. The van der Waals surface area contributed by atoms with Crippen molar-refractivity contribution in [3.05, 3.63) is 18.2 Å². The number of sulfonamides is 1. The van der Waals surface area contributed by atoms with E-state index in [1.54, 1.807) is 12.1 Å². The van der Waals surface area contributed by atoms with Crippen molar-refractivity contribution in [2.45, 2.75) is 36.6 Å². The fourth-order valence-corrected chi connectivity index (χ4v) is 5.45. The quantitative estimate of drug-likeness (QED) is 0.761. The normalized spacial score (nSPS) is 25.5. The van der Waals surface area contributed by atoms with Gasteiger partial charge in [-0.15, -0.1) is 0 Å². The van der Waals surface area contributed by atoms with E-state index in [2.05, 4.69) is 10.6 Å². The van der Waals surface area contributed by atoms with E-state index < -0.39 is 10.0 Å². The van der Waals surface area contributed by atoms with Crippen LogP contribution in [0.3, 0.4) is 0 Å². The predicted octanol–water partition coefficient (Wildman–Crippen LogP) is 0.684. The van der Waals surface area contributed by atoms with Crippen molar-refractivity contribution in [3.8, 4) is 11.5 Å². The van der Waals surface area contributed by atoms with Gasteiger partial charge < -0.3 is 20.1 Å². The maximum Gasteiger partial charge on any atom is 0.243 e. The van der Waals surface area contributed by atoms with E-state index in [4.69, 9.17) is 9.47 Å². The summed E-state index contributed by atoms with van der Waals surface area (Å²) >= 11 is 0. The Bertz CT molecular complexity index is 807. The molecule has 0 spiro atoms. The van der Waals surface area contributed by atoms with Crippen LogP contribution in [0, 0.1) is 5.92 Å². The summed E-state index contributed by atoms with van der Waals surface area (Å²) in [7, 11) is -3.60. The Balaban J connectivity index is 1.39. The molecule has 4 rings (SSSR count). The molecule has 1 amide bonds. The van der Waals surface area contributed by atoms with Crippen molar-refractivity contribution in [1.29, 1.82) is 0 Å². The van der Waals surface area contributed by atoms with Gasteiger partial charge in [0.1, 0.15) is 0 Å². The van der Waals surface area contributed by atoms with E-state index in [1.165, 1.54) is 10.4 Å². The Morgan fingerprint density at radius 1 is 1.22 bits per heavy atom. The molecule has 0 bridgehead atoms. The third-order valence-corrected chi connectivity index (χ3v) is 7.27. The van der Waals surface area contributed by atoms with Gasteiger partial charge in [-0.1, -0.05) is 0 Å². The molecular formula is C18H25N3O5S. The van der Waals surface area contributed by atoms with Crippen LogP contribution in [0.5, 0.6) is 11.5 Å². The molecular weight excluding hydrogens is 370 g/mol. The van der Waals surface area contributed by atoms with Crippen LogP contribution in [0.4, 0.5) is 0 Å². The maximum atomic E-state index is 13.0. The molecule has 2 fully saturated rings. The van der Waals surface area contributed by atoms with Gasteiger partial charge in [0, 0.05) is 25.7 Å². The van der Waals surface area contributed by atoms with Crippen molar-refractivity contribution in [1.82, 2.24) is 14.9 Å². The summed E-state index contributed by atoms with van der Waals surface area (Å²) < 4.78 is 38.1. The lowest BCUT2D eigenvalue weighted by Gasteiger charge is -2.32. The number of amides is 1. The van der Waals surface area contributed by atoms with E-state index in [-0.39, 0.29) is 29.6 Å². The minimum Gasteiger partial charge on any atom is -0.454 e. The first-order chi connectivity index (χ1) is 13.0. The van der Waals surface area contributed by atoms with Crippen LogP contribution < -0.4 is 20.1 Å². The molecule has 148 valence electrons. The molecule has 0 radical (unpaired) electrons. The van der Waals surface area contributed by atoms with E-state index in [0.717, 1.165) is 32.2 Å². The first-order valence-electron chi connectivity index (χ1n) is 9.45. The highest BCUT2D eigenvalue weighted by atomic mass is 32.2. The average molecular weight is 395 g/mol. The molecule has 0 aliphatic carbocycles. The monoisotopic (exact) mass is 395 g/mol. The summed E-state index contributed by atoms with van der Waals surface area (Å²) in [4.78, 5) is 12.4. The van der Waals surface area contributed by atoms with Gasteiger partial charge in [0.15, 0.2) is 11.5 Å². The van der Waals surface area contributed by atoms with E-state index in [0.29, 0.717) is 31.1 Å².